The van der Waals surface area contributed by atoms with Crippen LogP contribution in [-0.4, -0.2) is 26.0 Å². The number of hydrogen-bond acceptors (Lipinski definition) is 4. The van der Waals surface area contributed by atoms with Gasteiger partial charge in [-0.15, -0.1) is 0 Å². The number of sulfone groups is 1. The third-order valence-corrected chi connectivity index (χ3v) is 8.36. The normalized spacial score (nSPS) is 21.2. The number of nitrogens with zero attached hydrogens (tertiary/aromatic N) is 2. The topological polar surface area (TPSA) is 74.8 Å². The van der Waals surface area contributed by atoms with E-state index < -0.39 is 38.1 Å². The Hall–Kier alpha value is -3.52. The van der Waals surface area contributed by atoms with Crippen LogP contribution in [0.25, 0.3) is 0 Å². The van der Waals surface area contributed by atoms with Crippen molar-refractivity contribution in [2.45, 2.75) is 24.8 Å². The first-order valence-electron chi connectivity index (χ1n) is 10.6. The number of para-hydroxylation sites is 1. The fraction of sp³-hybridized carbons (Fsp3) is 0.200. The number of anilines is 2. The number of halogens is 1. The minimum atomic E-state index is -4.22. The van der Waals surface area contributed by atoms with E-state index in [-0.39, 0.29) is 12.1 Å². The summed E-state index contributed by atoms with van der Waals surface area (Å²) in [6.45, 7) is 2.00. The molecule has 168 valence electrons. The van der Waals surface area contributed by atoms with Crippen LogP contribution < -0.4 is 9.80 Å². The van der Waals surface area contributed by atoms with Gasteiger partial charge in [-0.1, -0.05) is 49.4 Å². The van der Waals surface area contributed by atoms with Crippen molar-refractivity contribution in [1.82, 2.24) is 0 Å². The molecule has 1 atom stereocenters. The molecule has 0 aliphatic carbocycles. The second-order valence-corrected chi connectivity index (χ2v) is 10.3. The van der Waals surface area contributed by atoms with Crippen molar-refractivity contribution in [1.29, 1.82) is 0 Å². The van der Waals surface area contributed by atoms with Crippen molar-refractivity contribution >= 4 is 33.0 Å². The first-order chi connectivity index (χ1) is 15.8. The lowest BCUT2D eigenvalue weighted by atomic mass is 10.0. The van der Waals surface area contributed by atoms with Gasteiger partial charge in [-0.3, -0.25) is 14.5 Å². The molecule has 8 heteroatoms. The Morgan fingerprint density at radius 1 is 0.939 bits per heavy atom. The zero-order valence-electron chi connectivity index (χ0n) is 17.9. The average molecular weight is 465 g/mol. The van der Waals surface area contributed by atoms with Crippen molar-refractivity contribution in [2.24, 2.45) is 0 Å². The molecule has 0 saturated carbocycles. The molecule has 0 unspecified atom stereocenters. The maximum absolute atomic E-state index is 14.0. The second kappa shape index (κ2) is 7.52. The van der Waals surface area contributed by atoms with Crippen molar-refractivity contribution in [3.63, 3.8) is 0 Å². The molecule has 2 aliphatic heterocycles. The number of amides is 2. The van der Waals surface area contributed by atoms with E-state index in [9.17, 15) is 22.4 Å². The first-order valence-corrected chi connectivity index (χ1v) is 12.2. The van der Waals surface area contributed by atoms with Gasteiger partial charge in [-0.2, -0.15) is 0 Å². The summed E-state index contributed by atoms with van der Waals surface area (Å²) in [5, 5.41) is 0. The Bertz CT molecular complexity index is 1390. The van der Waals surface area contributed by atoms with Crippen LogP contribution in [0, 0.1) is 5.82 Å². The number of benzene rings is 3. The number of rotatable bonds is 4. The van der Waals surface area contributed by atoms with Crippen LogP contribution in [0.4, 0.5) is 15.8 Å². The molecule has 2 heterocycles. The molecule has 0 N–H and O–H groups in total. The highest BCUT2D eigenvalue weighted by molar-refractivity contribution is 7.94. The van der Waals surface area contributed by atoms with Gasteiger partial charge in [0.25, 0.3) is 10.8 Å². The summed E-state index contributed by atoms with van der Waals surface area (Å²) in [5.74, 6) is -2.52. The molecule has 6 nitrogen and oxygen atoms in total. The van der Waals surface area contributed by atoms with E-state index >= 15 is 0 Å². The highest BCUT2D eigenvalue weighted by Crippen LogP contribution is 2.52. The number of carbonyl (C=O) groups is 2. The van der Waals surface area contributed by atoms with Gasteiger partial charge in [0, 0.05) is 11.3 Å². The Morgan fingerprint density at radius 2 is 1.67 bits per heavy atom. The lowest BCUT2D eigenvalue weighted by Crippen LogP contribution is -2.54. The molecule has 0 aromatic heterocycles. The van der Waals surface area contributed by atoms with E-state index in [2.05, 4.69) is 0 Å². The lowest BCUT2D eigenvalue weighted by Gasteiger charge is -2.33. The fourth-order valence-corrected chi connectivity index (χ4v) is 6.77. The maximum Gasteiger partial charge on any atom is 0.274 e. The minimum absolute atomic E-state index is 0.0461. The van der Waals surface area contributed by atoms with Crippen LogP contribution in [-0.2, 0) is 37.3 Å². The largest absolute Gasteiger partial charge is 0.304 e. The van der Waals surface area contributed by atoms with Crippen LogP contribution in [0.15, 0.2) is 72.8 Å². The van der Waals surface area contributed by atoms with Gasteiger partial charge in [0.05, 0.1) is 12.2 Å². The molecule has 1 saturated heterocycles. The van der Waals surface area contributed by atoms with Crippen molar-refractivity contribution in [3.8, 4) is 0 Å². The van der Waals surface area contributed by atoms with E-state index in [4.69, 9.17) is 0 Å². The molecular formula is C25H21FN2O4S. The molecule has 5 rings (SSSR count). The lowest BCUT2D eigenvalue weighted by molar-refractivity contribution is -0.123. The first kappa shape index (κ1) is 21.3. The SMILES string of the molecule is CCc1cccc(N2C(=O)CS(=O)(=O)[C@]23C(=O)N(Cc2ccc(F)cc2)c2ccccc23)c1. The summed E-state index contributed by atoms with van der Waals surface area (Å²) in [6, 6.07) is 19.3. The summed E-state index contributed by atoms with van der Waals surface area (Å²) in [4.78, 5) is 27.5. The third kappa shape index (κ3) is 3.01. The van der Waals surface area contributed by atoms with E-state index in [0.717, 1.165) is 10.5 Å². The third-order valence-electron chi connectivity index (χ3n) is 6.25. The molecule has 3 aromatic carbocycles. The summed E-state index contributed by atoms with van der Waals surface area (Å²) in [6.07, 6.45) is 0.691. The van der Waals surface area contributed by atoms with Gasteiger partial charge in [0.15, 0.2) is 9.84 Å². The van der Waals surface area contributed by atoms with Gasteiger partial charge in [0.2, 0.25) is 5.91 Å². The molecule has 0 radical (unpaired) electrons. The Kier molecular flexibility index (Phi) is 4.86. The second-order valence-electron chi connectivity index (χ2n) is 8.19. The highest BCUT2D eigenvalue weighted by atomic mass is 32.2. The van der Waals surface area contributed by atoms with Gasteiger partial charge >= 0.3 is 0 Å². The number of hydrogen-bond donors (Lipinski definition) is 0. The maximum atomic E-state index is 14.0. The number of aryl methyl sites for hydroxylation is 1. The smallest absolute Gasteiger partial charge is 0.274 e. The van der Waals surface area contributed by atoms with Crippen molar-refractivity contribution < 1.29 is 22.4 Å². The van der Waals surface area contributed by atoms with Crippen LogP contribution >= 0.6 is 0 Å². The van der Waals surface area contributed by atoms with Crippen LogP contribution in [0.3, 0.4) is 0 Å². The number of fused-ring (bicyclic) bond motifs is 2. The van der Waals surface area contributed by atoms with Gasteiger partial charge in [-0.25, -0.2) is 12.8 Å². The number of carbonyl (C=O) groups excluding carboxylic acids is 2. The Morgan fingerprint density at radius 3 is 2.39 bits per heavy atom. The van der Waals surface area contributed by atoms with E-state index in [1.165, 1.54) is 17.0 Å². The molecule has 1 fully saturated rings. The zero-order chi connectivity index (χ0) is 23.4. The quantitative estimate of drug-likeness (QED) is 0.592. The molecule has 0 bridgehead atoms. The summed E-state index contributed by atoms with van der Waals surface area (Å²) in [7, 11) is -4.22. The Labute approximate surface area is 191 Å². The van der Waals surface area contributed by atoms with E-state index in [0.29, 0.717) is 23.4 Å². The molecule has 2 aliphatic rings. The summed E-state index contributed by atoms with van der Waals surface area (Å²) >= 11 is 0. The van der Waals surface area contributed by atoms with Gasteiger partial charge in [-0.05, 0) is 47.9 Å². The standard InChI is InChI=1S/C25H21FN2O4S/c1-2-17-6-5-7-20(14-17)28-23(29)16-33(31,32)25(28)21-8-3-4-9-22(21)27(24(25)30)15-18-10-12-19(26)13-11-18/h3-14H,2,15-16H2,1H3/t25-/m1/s1. The average Bonchev–Trinajstić information content (AvgIpc) is 3.18. The van der Waals surface area contributed by atoms with E-state index in [1.807, 2.05) is 13.0 Å². The Balaban J connectivity index is 1.72. The van der Waals surface area contributed by atoms with Crippen molar-refractivity contribution in [2.75, 3.05) is 15.6 Å². The summed E-state index contributed by atoms with van der Waals surface area (Å²) < 4.78 is 40.6. The summed E-state index contributed by atoms with van der Waals surface area (Å²) in [5.41, 5.74) is 2.60. The van der Waals surface area contributed by atoms with Crippen LogP contribution in [0.2, 0.25) is 0 Å². The predicted octanol–water partition coefficient (Wildman–Crippen LogP) is 3.55. The monoisotopic (exact) mass is 464 g/mol. The molecule has 33 heavy (non-hydrogen) atoms. The van der Waals surface area contributed by atoms with Crippen LogP contribution in [0.1, 0.15) is 23.6 Å². The minimum Gasteiger partial charge on any atom is -0.304 e. The van der Waals surface area contributed by atoms with Gasteiger partial charge < -0.3 is 4.90 Å². The molecule has 3 aromatic rings. The molecule has 2 amide bonds. The zero-order valence-corrected chi connectivity index (χ0v) is 18.7. The predicted molar refractivity (Wildman–Crippen MR) is 123 cm³/mol. The highest BCUT2D eigenvalue weighted by Gasteiger charge is 2.69. The molecular weight excluding hydrogens is 443 g/mol. The van der Waals surface area contributed by atoms with Crippen molar-refractivity contribution in [3.05, 3.63) is 95.3 Å². The fourth-order valence-electron chi connectivity index (χ4n) is 4.74. The van der Waals surface area contributed by atoms with Gasteiger partial charge in [0.1, 0.15) is 11.6 Å². The van der Waals surface area contributed by atoms with Crippen LogP contribution in [0.5, 0.6) is 0 Å². The van der Waals surface area contributed by atoms with E-state index in [1.54, 1.807) is 54.6 Å². The molecule has 1 spiro atoms.